The summed E-state index contributed by atoms with van der Waals surface area (Å²) in [4.78, 5) is 25.9. The molecule has 1 aliphatic heterocycles. The summed E-state index contributed by atoms with van der Waals surface area (Å²) < 4.78 is 7.39. The van der Waals surface area contributed by atoms with Crippen molar-refractivity contribution >= 4 is 16.8 Å². The molecule has 1 saturated heterocycles. The number of amides is 1. The van der Waals surface area contributed by atoms with E-state index in [4.69, 9.17) is 4.74 Å². The van der Waals surface area contributed by atoms with Crippen LogP contribution in [0.3, 0.4) is 0 Å². The smallest absolute Gasteiger partial charge is 0.254 e. The van der Waals surface area contributed by atoms with Crippen LogP contribution >= 0.6 is 0 Å². The van der Waals surface area contributed by atoms with E-state index < -0.39 is 0 Å². The highest BCUT2D eigenvalue weighted by Crippen LogP contribution is 2.23. The Kier molecular flexibility index (Phi) is 4.65. The van der Waals surface area contributed by atoms with Gasteiger partial charge >= 0.3 is 0 Å². The molecule has 0 bridgehead atoms. The van der Waals surface area contributed by atoms with Gasteiger partial charge < -0.3 is 14.2 Å². The summed E-state index contributed by atoms with van der Waals surface area (Å²) >= 11 is 0. The number of para-hydroxylation sites is 1. The molecule has 5 nitrogen and oxygen atoms in total. The minimum Gasteiger partial charge on any atom is -0.493 e. The third kappa shape index (κ3) is 3.38. The molecule has 0 saturated carbocycles. The molecule has 1 aromatic heterocycles. The number of fused-ring (bicyclic) bond motifs is 1. The number of aromatic nitrogens is 1. The van der Waals surface area contributed by atoms with Crippen LogP contribution in [0.1, 0.15) is 25.7 Å². The zero-order valence-electron chi connectivity index (χ0n) is 13.5. The van der Waals surface area contributed by atoms with Crippen molar-refractivity contribution in [2.24, 2.45) is 7.05 Å². The SMILES string of the molecule is Cn1c(=O)cc(OCCCC(=O)N2CCCC2)c2ccccc21. The number of benzene rings is 1. The number of aryl methyl sites for hydroxylation is 1. The van der Waals surface area contributed by atoms with E-state index in [1.165, 1.54) is 6.07 Å². The zero-order valence-corrected chi connectivity index (χ0v) is 13.5. The molecule has 2 aromatic rings. The Morgan fingerprint density at radius 1 is 1.22 bits per heavy atom. The second kappa shape index (κ2) is 6.86. The van der Waals surface area contributed by atoms with Gasteiger partial charge in [-0.1, -0.05) is 12.1 Å². The van der Waals surface area contributed by atoms with Gasteiger partial charge in [-0.15, -0.1) is 0 Å². The Morgan fingerprint density at radius 2 is 1.96 bits per heavy atom. The molecule has 0 aliphatic carbocycles. The number of ether oxygens (including phenoxy) is 1. The second-order valence-electron chi connectivity index (χ2n) is 5.96. The summed E-state index contributed by atoms with van der Waals surface area (Å²) in [6, 6.07) is 9.20. The minimum absolute atomic E-state index is 0.0909. The lowest BCUT2D eigenvalue weighted by atomic mass is 10.2. The van der Waals surface area contributed by atoms with Crippen LogP contribution < -0.4 is 10.3 Å². The van der Waals surface area contributed by atoms with E-state index in [1.807, 2.05) is 29.2 Å². The lowest BCUT2D eigenvalue weighted by Gasteiger charge is -2.15. The fourth-order valence-electron chi connectivity index (χ4n) is 3.03. The zero-order chi connectivity index (χ0) is 16.2. The van der Waals surface area contributed by atoms with Crippen LogP contribution in [0.15, 0.2) is 35.1 Å². The van der Waals surface area contributed by atoms with Crippen molar-refractivity contribution in [1.29, 1.82) is 0 Å². The van der Waals surface area contributed by atoms with Gasteiger partial charge in [0.1, 0.15) is 5.75 Å². The number of hydrogen-bond acceptors (Lipinski definition) is 3. The first-order chi connectivity index (χ1) is 11.2. The van der Waals surface area contributed by atoms with Gasteiger partial charge in [-0.05, 0) is 31.4 Å². The molecule has 0 N–H and O–H groups in total. The van der Waals surface area contributed by atoms with Crippen molar-refractivity contribution in [3.8, 4) is 5.75 Å². The van der Waals surface area contributed by atoms with Crippen LogP contribution in [-0.2, 0) is 11.8 Å². The normalized spacial score (nSPS) is 14.4. The average molecular weight is 314 g/mol. The number of carbonyl (C=O) groups is 1. The van der Waals surface area contributed by atoms with Gasteiger partial charge in [0.05, 0.1) is 12.1 Å². The van der Waals surface area contributed by atoms with E-state index in [1.54, 1.807) is 11.6 Å². The van der Waals surface area contributed by atoms with Gasteiger partial charge in [-0.3, -0.25) is 9.59 Å². The summed E-state index contributed by atoms with van der Waals surface area (Å²) in [7, 11) is 1.75. The second-order valence-corrected chi connectivity index (χ2v) is 5.96. The molecule has 2 heterocycles. The molecule has 1 fully saturated rings. The Bertz CT molecular complexity index is 760. The molecule has 0 unspecified atom stereocenters. The van der Waals surface area contributed by atoms with Gasteiger partial charge in [-0.2, -0.15) is 0 Å². The number of pyridine rings is 1. The van der Waals surface area contributed by atoms with E-state index in [-0.39, 0.29) is 11.5 Å². The maximum atomic E-state index is 12.0. The third-order valence-electron chi connectivity index (χ3n) is 4.37. The van der Waals surface area contributed by atoms with Crippen molar-refractivity contribution in [2.45, 2.75) is 25.7 Å². The Balaban J connectivity index is 1.62. The first kappa shape index (κ1) is 15.6. The van der Waals surface area contributed by atoms with Crippen molar-refractivity contribution in [2.75, 3.05) is 19.7 Å². The molecule has 122 valence electrons. The first-order valence-electron chi connectivity index (χ1n) is 8.16. The van der Waals surface area contributed by atoms with Gasteiger partial charge in [0.25, 0.3) is 5.56 Å². The lowest BCUT2D eigenvalue weighted by molar-refractivity contribution is -0.130. The number of hydrogen-bond donors (Lipinski definition) is 0. The van der Waals surface area contributed by atoms with Crippen molar-refractivity contribution in [1.82, 2.24) is 9.47 Å². The minimum atomic E-state index is -0.0909. The predicted octanol–water partition coefficient (Wildman–Crippen LogP) is 2.32. The number of rotatable bonds is 5. The molecule has 0 spiro atoms. The van der Waals surface area contributed by atoms with Gasteiger partial charge in [-0.25, -0.2) is 0 Å². The molecular weight excluding hydrogens is 292 g/mol. The highest BCUT2D eigenvalue weighted by molar-refractivity contribution is 5.85. The fourth-order valence-corrected chi connectivity index (χ4v) is 3.03. The van der Waals surface area contributed by atoms with E-state index in [0.29, 0.717) is 25.2 Å². The topological polar surface area (TPSA) is 51.5 Å². The molecule has 0 atom stereocenters. The highest BCUT2D eigenvalue weighted by Gasteiger charge is 2.17. The molecule has 1 aliphatic rings. The van der Waals surface area contributed by atoms with Gasteiger partial charge in [0, 0.05) is 38.0 Å². The van der Waals surface area contributed by atoms with Crippen molar-refractivity contribution in [3.05, 3.63) is 40.7 Å². The van der Waals surface area contributed by atoms with Crippen molar-refractivity contribution < 1.29 is 9.53 Å². The first-order valence-corrected chi connectivity index (χ1v) is 8.16. The standard InChI is InChI=1S/C18H22N2O3/c1-19-15-8-3-2-7-14(15)16(13-18(19)22)23-12-6-9-17(21)20-10-4-5-11-20/h2-3,7-8,13H,4-6,9-12H2,1H3. The van der Waals surface area contributed by atoms with Crippen LogP contribution in [-0.4, -0.2) is 35.1 Å². The fraction of sp³-hybridized carbons (Fsp3) is 0.444. The van der Waals surface area contributed by atoms with Gasteiger partial charge in [0.15, 0.2) is 0 Å². The lowest BCUT2D eigenvalue weighted by Crippen LogP contribution is -2.27. The monoisotopic (exact) mass is 314 g/mol. The summed E-state index contributed by atoms with van der Waals surface area (Å²) in [5, 5.41) is 0.917. The van der Waals surface area contributed by atoms with Crippen molar-refractivity contribution in [3.63, 3.8) is 0 Å². The Morgan fingerprint density at radius 3 is 2.74 bits per heavy atom. The van der Waals surface area contributed by atoms with E-state index in [2.05, 4.69) is 0 Å². The van der Waals surface area contributed by atoms with Crippen LogP contribution in [0.4, 0.5) is 0 Å². The Hall–Kier alpha value is -2.30. The Labute approximate surface area is 135 Å². The quantitative estimate of drug-likeness (QED) is 0.796. The highest BCUT2D eigenvalue weighted by atomic mass is 16.5. The van der Waals surface area contributed by atoms with Crippen LogP contribution in [0, 0.1) is 0 Å². The maximum Gasteiger partial charge on any atom is 0.254 e. The van der Waals surface area contributed by atoms with Gasteiger partial charge in [0.2, 0.25) is 5.91 Å². The number of nitrogens with zero attached hydrogens (tertiary/aromatic N) is 2. The maximum absolute atomic E-state index is 12.0. The average Bonchev–Trinajstić information content (AvgIpc) is 3.10. The number of carbonyl (C=O) groups excluding carboxylic acids is 1. The van der Waals surface area contributed by atoms with E-state index >= 15 is 0 Å². The number of likely N-dealkylation sites (tertiary alicyclic amines) is 1. The molecule has 5 heteroatoms. The largest absolute Gasteiger partial charge is 0.493 e. The van der Waals surface area contributed by atoms with Crippen LogP contribution in [0.2, 0.25) is 0 Å². The molecule has 1 amide bonds. The molecule has 0 radical (unpaired) electrons. The van der Waals surface area contributed by atoms with E-state index in [9.17, 15) is 9.59 Å². The van der Waals surface area contributed by atoms with E-state index in [0.717, 1.165) is 36.8 Å². The molecular formula is C18H22N2O3. The third-order valence-corrected chi connectivity index (χ3v) is 4.37. The summed E-state index contributed by atoms with van der Waals surface area (Å²) in [6.07, 6.45) is 3.39. The molecule has 23 heavy (non-hydrogen) atoms. The summed E-state index contributed by atoms with van der Waals surface area (Å²) in [6.45, 7) is 2.22. The molecule has 3 rings (SSSR count). The molecule has 1 aromatic carbocycles. The predicted molar refractivity (Wildman–Crippen MR) is 89.7 cm³/mol. The summed E-state index contributed by atoms with van der Waals surface area (Å²) in [5.74, 6) is 0.803. The summed E-state index contributed by atoms with van der Waals surface area (Å²) in [5.41, 5.74) is 0.759. The van der Waals surface area contributed by atoms with Crippen LogP contribution in [0.5, 0.6) is 5.75 Å². The van der Waals surface area contributed by atoms with Crippen LogP contribution in [0.25, 0.3) is 10.9 Å².